The molecule has 0 saturated heterocycles. The van der Waals surface area contributed by atoms with E-state index >= 15 is 0 Å². The highest BCUT2D eigenvalue weighted by molar-refractivity contribution is 5.76. The molecule has 0 rings (SSSR count). The van der Waals surface area contributed by atoms with Crippen molar-refractivity contribution in [3.05, 3.63) is 0 Å². The van der Waals surface area contributed by atoms with Gasteiger partial charge in [-0.1, -0.05) is 155 Å². The van der Waals surface area contributed by atoms with Crippen LogP contribution in [0.2, 0.25) is 0 Å². The van der Waals surface area contributed by atoms with Gasteiger partial charge in [-0.3, -0.25) is 4.79 Å². The number of hydrogen-bond acceptors (Lipinski definition) is 3. The van der Waals surface area contributed by atoms with E-state index < -0.39 is 12.1 Å². The first-order valence-corrected chi connectivity index (χ1v) is 15.7. The molecule has 0 spiro atoms. The molecular weight excluding hydrogens is 434 g/mol. The summed E-state index contributed by atoms with van der Waals surface area (Å²) in [6, 6.07) is -0.524. The van der Waals surface area contributed by atoms with Crippen molar-refractivity contribution in [3.8, 4) is 0 Å². The molecule has 1 amide bonds. The molecule has 3 N–H and O–H groups in total. The molecule has 210 valence electrons. The maximum absolute atomic E-state index is 12.1. The molecular formula is C31H63NO3. The van der Waals surface area contributed by atoms with E-state index in [1.807, 2.05) is 0 Å². The zero-order chi connectivity index (χ0) is 25.8. The third-order valence-corrected chi connectivity index (χ3v) is 7.37. The first-order chi connectivity index (χ1) is 17.2. The Labute approximate surface area is 219 Å². The molecule has 0 aliphatic heterocycles. The van der Waals surface area contributed by atoms with Gasteiger partial charge in [-0.25, -0.2) is 0 Å². The van der Waals surface area contributed by atoms with E-state index in [1.165, 1.54) is 122 Å². The Bertz CT molecular complexity index is 429. The third kappa shape index (κ3) is 24.8. The lowest BCUT2D eigenvalue weighted by atomic mass is 10.0. The van der Waals surface area contributed by atoms with Gasteiger partial charge >= 0.3 is 0 Å². The molecule has 0 aromatic rings. The maximum atomic E-state index is 12.1. The van der Waals surface area contributed by atoms with Crippen LogP contribution in [-0.4, -0.2) is 34.9 Å². The average molecular weight is 498 g/mol. The van der Waals surface area contributed by atoms with Crippen molar-refractivity contribution in [1.82, 2.24) is 5.32 Å². The number of aliphatic hydroxyl groups excluding tert-OH is 2. The topological polar surface area (TPSA) is 69.6 Å². The van der Waals surface area contributed by atoms with Crippen LogP contribution < -0.4 is 5.32 Å². The van der Waals surface area contributed by atoms with E-state index in [4.69, 9.17) is 0 Å². The van der Waals surface area contributed by atoms with Gasteiger partial charge in [0.25, 0.3) is 0 Å². The summed E-state index contributed by atoms with van der Waals surface area (Å²) in [7, 11) is 0. The summed E-state index contributed by atoms with van der Waals surface area (Å²) in [6.45, 7) is 4.27. The summed E-state index contributed by atoms with van der Waals surface area (Å²) in [5, 5.41) is 22.8. The lowest BCUT2D eigenvalue weighted by Gasteiger charge is -2.22. The van der Waals surface area contributed by atoms with Crippen LogP contribution in [-0.2, 0) is 4.79 Å². The number of unbranched alkanes of at least 4 members (excludes halogenated alkanes) is 21. The van der Waals surface area contributed by atoms with E-state index in [1.54, 1.807) is 0 Å². The number of rotatable bonds is 28. The van der Waals surface area contributed by atoms with Crippen LogP contribution >= 0.6 is 0 Å². The van der Waals surface area contributed by atoms with E-state index in [9.17, 15) is 15.0 Å². The van der Waals surface area contributed by atoms with Gasteiger partial charge in [0.2, 0.25) is 5.91 Å². The highest BCUT2D eigenvalue weighted by atomic mass is 16.3. The summed E-state index contributed by atoms with van der Waals surface area (Å²) in [5.74, 6) is -0.0441. The molecule has 0 radical (unpaired) electrons. The molecule has 4 nitrogen and oxygen atoms in total. The molecule has 35 heavy (non-hydrogen) atoms. The molecule has 0 aromatic heterocycles. The molecule has 0 heterocycles. The molecule has 4 heteroatoms. The number of nitrogens with one attached hydrogen (secondary N) is 1. The minimum absolute atomic E-state index is 0.0441. The molecule has 0 bridgehead atoms. The zero-order valence-corrected chi connectivity index (χ0v) is 23.8. The van der Waals surface area contributed by atoms with Gasteiger partial charge in [-0.2, -0.15) is 0 Å². The van der Waals surface area contributed by atoms with E-state index in [0.717, 1.165) is 25.7 Å². The number of amides is 1. The monoisotopic (exact) mass is 497 g/mol. The molecule has 0 fully saturated rings. The smallest absolute Gasteiger partial charge is 0.220 e. The van der Waals surface area contributed by atoms with Gasteiger partial charge in [-0.15, -0.1) is 0 Å². The standard InChI is InChI=1S/C31H63NO3/c1-3-5-7-9-10-11-12-13-14-15-16-17-18-19-20-21-23-24-26-30(34)29(28-33)32-31(35)27-25-22-8-6-4-2/h29-30,33-34H,3-28H2,1-2H3,(H,32,35). The fourth-order valence-corrected chi connectivity index (χ4v) is 4.89. The Balaban J connectivity index is 3.45. The van der Waals surface area contributed by atoms with E-state index in [2.05, 4.69) is 19.2 Å². The number of carbonyl (C=O) groups excluding carboxylic acids is 1. The summed E-state index contributed by atoms with van der Waals surface area (Å²) in [5.41, 5.74) is 0. The predicted molar refractivity (Wildman–Crippen MR) is 152 cm³/mol. The van der Waals surface area contributed by atoms with Gasteiger partial charge in [0.05, 0.1) is 18.8 Å². The Morgan fingerprint density at radius 2 is 0.914 bits per heavy atom. The van der Waals surface area contributed by atoms with Gasteiger partial charge in [0.15, 0.2) is 0 Å². The van der Waals surface area contributed by atoms with Gasteiger partial charge in [0.1, 0.15) is 0 Å². The van der Waals surface area contributed by atoms with Crippen molar-refractivity contribution in [2.45, 2.75) is 187 Å². The second kappa shape index (κ2) is 28.0. The van der Waals surface area contributed by atoms with Crippen LogP contribution in [0.3, 0.4) is 0 Å². The quantitative estimate of drug-likeness (QED) is 0.0947. The Morgan fingerprint density at radius 3 is 1.29 bits per heavy atom. The fourth-order valence-electron chi connectivity index (χ4n) is 4.89. The van der Waals surface area contributed by atoms with Crippen LogP contribution in [0.1, 0.15) is 174 Å². The predicted octanol–water partition coefficient (Wildman–Crippen LogP) is 8.62. The van der Waals surface area contributed by atoms with E-state index in [-0.39, 0.29) is 12.5 Å². The summed E-state index contributed by atoms with van der Waals surface area (Å²) >= 11 is 0. The second-order valence-corrected chi connectivity index (χ2v) is 10.9. The van der Waals surface area contributed by atoms with Crippen molar-refractivity contribution in [2.75, 3.05) is 6.61 Å². The van der Waals surface area contributed by atoms with E-state index in [0.29, 0.717) is 12.8 Å². The van der Waals surface area contributed by atoms with Crippen molar-refractivity contribution in [2.24, 2.45) is 0 Å². The third-order valence-electron chi connectivity index (χ3n) is 7.37. The lowest BCUT2D eigenvalue weighted by molar-refractivity contribution is -0.123. The average Bonchev–Trinajstić information content (AvgIpc) is 2.86. The van der Waals surface area contributed by atoms with Crippen molar-refractivity contribution in [3.63, 3.8) is 0 Å². The molecule has 2 atom stereocenters. The first-order valence-electron chi connectivity index (χ1n) is 15.7. The molecule has 0 aromatic carbocycles. The molecule has 0 aliphatic rings. The van der Waals surface area contributed by atoms with Crippen LogP contribution in [0.25, 0.3) is 0 Å². The Morgan fingerprint density at radius 1 is 0.571 bits per heavy atom. The summed E-state index contributed by atoms with van der Waals surface area (Å²) in [4.78, 5) is 12.1. The van der Waals surface area contributed by atoms with Crippen LogP contribution in [0.5, 0.6) is 0 Å². The lowest BCUT2D eigenvalue weighted by Crippen LogP contribution is -2.45. The fraction of sp³-hybridized carbons (Fsp3) is 0.968. The van der Waals surface area contributed by atoms with Crippen molar-refractivity contribution in [1.29, 1.82) is 0 Å². The highest BCUT2D eigenvalue weighted by Gasteiger charge is 2.19. The normalized spacial score (nSPS) is 13.1. The van der Waals surface area contributed by atoms with Crippen LogP contribution in [0.4, 0.5) is 0 Å². The summed E-state index contributed by atoms with van der Waals surface area (Å²) < 4.78 is 0. The first kappa shape index (κ1) is 34.4. The van der Waals surface area contributed by atoms with Gasteiger partial charge in [0, 0.05) is 6.42 Å². The minimum Gasteiger partial charge on any atom is -0.394 e. The zero-order valence-electron chi connectivity index (χ0n) is 23.8. The Kier molecular flexibility index (Phi) is 27.5. The number of aliphatic hydroxyl groups is 2. The molecule has 0 aliphatic carbocycles. The van der Waals surface area contributed by atoms with Gasteiger partial charge in [-0.05, 0) is 12.8 Å². The minimum atomic E-state index is -0.648. The van der Waals surface area contributed by atoms with Gasteiger partial charge < -0.3 is 15.5 Å². The van der Waals surface area contributed by atoms with Crippen LogP contribution in [0, 0.1) is 0 Å². The Hall–Kier alpha value is -0.610. The molecule has 2 unspecified atom stereocenters. The largest absolute Gasteiger partial charge is 0.394 e. The second-order valence-electron chi connectivity index (χ2n) is 10.9. The maximum Gasteiger partial charge on any atom is 0.220 e. The SMILES string of the molecule is CCCCCCCCCCCCCCCCCCCCC(O)C(CO)NC(=O)CCCCCCC. The van der Waals surface area contributed by atoms with Crippen molar-refractivity contribution >= 4 is 5.91 Å². The summed E-state index contributed by atoms with van der Waals surface area (Å²) in [6.07, 6.45) is 30.3. The van der Waals surface area contributed by atoms with Crippen LogP contribution in [0.15, 0.2) is 0 Å². The highest BCUT2D eigenvalue weighted by Crippen LogP contribution is 2.15. The number of carbonyl (C=O) groups is 1. The molecule has 0 saturated carbocycles. The number of hydrogen-bond donors (Lipinski definition) is 3. The van der Waals surface area contributed by atoms with Crippen molar-refractivity contribution < 1.29 is 15.0 Å².